The molecular formula is C16H19FN2O2. The van der Waals surface area contributed by atoms with Crippen molar-refractivity contribution in [3.05, 3.63) is 35.1 Å². The lowest BCUT2D eigenvalue weighted by molar-refractivity contribution is 0.0945. The fourth-order valence-electron chi connectivity index (χ4n) is 2.06. The number of nitrogens with one attached hydrogen (secondary N) is 1. The number of nitrogens with zero attached hydrogens (tertiary/aromatic N) is 1. The summed E-state index contributed by atoms with van der Waals surface area (Å²) >= 11 is 0. The van der Waals surface area contributed by atoms with E-state index in [4.69, 9.17) is 5.11 Å². The molecule has 1 fully saturated rings. The van der Waals surface area contributed by atoms with Crippen LogP contribution in [-0.4, -0.2) is 48.7 Å². The molecule has 1 saturated carbocycles. The van der Waals surface area contributed by atoms with E-state index < -0.39 is 11.7 Å². The van der Waals surface area contributed by atoms with E-state index in [-0.39, 0.29) is 12.2 Å². The SMILES string of the molecule is CN(CCNC(=O)c1ccc(C#CCO)cc1F)C1CC1. The molecule has 0 unspecified atom stereocenters. The van der Waals surface area contributed by atoms with Crippen molar-refractivity contribution < 1.29 is 14.3 Å². The normalized spacial score (nSPS) is 13.7. The van der Waals surface area contributed by atoms with Gasteiger partial charge in [-0.25, -0.2) is 4.39 Å². The van der Waals surface area contributed by atoms with Gasteiger partial charge in [-0.2, -0.15) is 0 Å². The standard InChI is InChI=1S/C16H19FN2O2/c1-19(13-5-6-13)9-8-18-16(21)14-7-4-12(3-2-10-20)11-15(14)17/h4,7,11,13,20H,5-6,8-10H2,1H3,(H,18,21). The summed E-state index contributed by atoms with van der Waals surface area (Å²) in [4.78, 5) is 14.1. The van der Waals surface area contributed by atoms with E-state index in [0.29, 0.717) is 18.2 Å². The van der Waals surface area contributed by atoms with Crippen molar-refractivity contribution in [3.8, 4) is 11.8 Å². The molecule has 21 heavy (non-hydrogen) atoms. The van der Waals surface area contributed by atoms with Gasteiger partial charge in [0.2, 0.25) is 0 Å². The lowest BCUT2D eigenvalue weighted by Crippen LogP contribution is -2.34. The molecule has 4 nitrogen and oxygen atoms in total. The number of hydrogen-bond donors (Lipinski definition) is 2. The van der Waals surface area contributed by atoms with Crippen LogP contribution in [0.2, 0.25) is 0 Å². The molecule has 1 aromatic rings. The van der Waals surface area contributed by atoms with Crippen molar-refractivity contribution in [1.82, 2.24) is 10.2 Å². The quantitative estimate of drug-likeness (QED) is 0.795. The molecular weight excluding hydrogens is 271 g/mol. The molecule has 0 aliphatic heterocycles. The van der Waals surface area contributed by atoms with Crippen LogP contribution in [0.5, 0.6) is 0 Å². The number of halogens is 1. The Balaban J connectivity index is 1.89. The number of aliphatic hydroxyl groups excluding tert-OH is 1. The molecule has 2 rings (SSSR count). The van der Waals surface area contributed by atoms with E-state index in [1.807, 2.05) is 7.05 Å². The smallest absolute Gasteiger partial charge is 0.254 e. The Bertz CT molecular complexity index is 573. The minimum atomic E-state index is -0.604. The number of amides is 1. The van der Waals surface area contributed by atoms with Gasteiger partial charge in [-0.1, -0.05) is 11.8 Å². The van der Waals surface area contributed by atoms with Crippen LogP contribution in [0.15, 0.2) is 18.2 Å². The van der Waals surface area contributed by atoms with Crippen molar-refractivity contribution in [2.24, 2.45) is 0 Å². The maximum absolute atomic E-state index is 13.9. The number of benzene rings is 1. The number of carbonyl (C=O) groups excluding carboxylic acids is 1. The van der Waals surface area contributed by atoms with Crippen LogP contribution in [0.3, 0.4) is 0 Å². The van der Waals surface area contributed by atoms with E-state index in [9.17, 15) is 9.18 Å². The van der Waals surface area contributed by atoms with Gasteiger partial charge < -0.3 is 15.3 Å². The summed E-state index contributed by atoms with van der Waals surface area (Å²) in [5.74, 6) is 4.01. The molecule has 1 aromatic carbocycles. The van der Waals surface area contributed by atoms with Gasteiger partial charge in [-0.05, 0) is 38.1 Å². The van der Waals surface area contributed by atoms with Crippen molar-refractivity contribution in [3.63, 3.8) is 0 Å². The van der Waals surface area contributed by atoms with Crippen molar-refractivity contribution >= 4 is 5.91 Å². The third-order valence-electron chi connectivity index (χ3n) is 3.45. The van der Waals surface area contributed by atoms with E-state index in [1.165, 1.54) is 25.0 Å². The second kappa shape index (κ2) is 7.21. The fraction of sp³-hybridized carbons (Fsp3) is 0.438. The lowest BCUT2D eigenvalue weighted by atomic mass is 10.1. The van der Waals surface area contributed by atoms with Gasteiger partial charge in [-0.3, -0.25) is 4.79 Å². The maximum Gasteiger partial charge on any atom is 0.254 e. The fourth-order valence-corrected chi connectivity index (χ4v) is 2.06. The number of aliphatic hydroxyl groups is 1. The number of carbonyl (C=O) groups is 1. The summed E-state index contributed by atoms with van der Waals surface area (Å²) in [6.45, 7) is 0.980. The molecule has 0 heterocycles. The molecule has 0 spiro atoms. The molecule has 112 valence electrons. The first-order valence-corrected chi connectivity index (χ1v) is 6.99. The largest absolute Gasteiger partial charge is 0.384 e. The zero-order chi connectivity index (χ0) is 15.2. The summed E-state index contributed by atoms with van der Waals surface area (Å²) in [6.07, 6.45) is 2.44. The van der Waals surface area contributed by atoms with E-state index >= 15 is 0 Å². The third kappa shape index (κ3) is 4.55. The minimum absolute atomic E-state index is 0.0126. The second-order valence-corrected chi connectivity index (χ2v) is 5.12. The number of hydrogen-bond acceptors (Lipinski definition) is 3. The Morgan fingerprint density at radius 3 is 2.90 bits per heavy atom. The zero-order valence-electron chi connectivity index (χ0n) is 12.0. The van der Waals surface area contributed by atoms with Gasteiger partial charge in [0.25, 0.3) is 5.91 Å². The highest BCUT2D eigenvalue weighted by molar-refractivity contribution is 5.94. The molecule has 0 radical (unpaired) electrons. The summed E-state index contributed by atoms with van der Waals surface area (Å²) in [6, 6.07) is 4.82. The van der Waals surface area contributed by atoms with Crippen LogP contribution in [0.4, 0.5) is 4.39 Å². The van der Waals surface area contributed by atoms with Crippen molar-refractivity contribution in [1.29, 1.82) is 0 Å². The van der Waals surface area contributed by atoms with Gasteiger partial charge >= 0.3 is 0 Å². The molecule has 0 atom stereocenters. The van der Waals surface area contributed by atoms with Gasteiger partial charge in [0, 0.05) is 24.7 Å². The first-order chi connectivity index (χ1) is 10.1. The molecule has 1 amide bonds. The Morgan fingerprint density at radius 1 is 1.52 bits per heavy atom. The highest BCUT2D eigenvalue weighted by atomic mass is 19.1. The lowest BCUT2D eigenvalue weighted by Gasteiger charge is -2.15. The third-order valence-corrected chi connectivity index (χ3v) is 3.45. The average Bonchev–Trinajstić information content (AvgIpc) is 3.29. The summed E-state index contributed by atoms with van der Waals surface area (Å²) in [5, 5.41) is 11.3. The summed E-state index contributed by atoms with van der Waals surface area (Å²) < 4.78 is 13.9. The van der Waals surface area contributed by atoms with Gasteiger partial charge in [0.15, 0.2) is 0 Å². The molecule has 0 saturated heterocycles. The zero-order valence-corrected chi connectivity index (χ0v) is 12.0. The maximum atomic E-state index is 13.9. The molecule has 1 aliphatic carbocycles. The first-order valence-electron chi connectivity index (χ1n) is 6.99. The Kier molecular flexibility index (Phi) is 5.32. The molecule has 1 aliphatic rings. The van der Waals surface area contributed by atoms with E-state index in [2.05, 4.69) is 22.1 Å². The van der Waals surface area contributed by atoms with E-state index in [0.717, 1.165) is 6.54 Å². The molecule has 0 aromatic heterocycles. The van der Waals surface area contributed by atoms with Crippen LogP contribution >= 0.6 is 0 Å². The van der Waals surface area contributed by atoms with Crippen LogP contribution in [0.25, 0.3) is 0 Å². The summed E-state index contributed by atoms with van der Waals surface area (Å²) in [7, 11) is 2.03. The Labute approximate surface area is 124 Å². The molecule has 0 bridgehead atoms. The van der Waals surface area contributed by atoms with Crippen LogP contribution < -0.4 is 5.32 Å². The van der Waals surface area contributed by atoms with Crippen LogP contribution in [-0.2, 0) is 0 Å². The molecule has 5 heteroatoms. The van der Waals surface area contributed by atoms with E-state index in [1.54, 1.807) is 6.07 Å². The predicted octanol–water partition coefficient (Wildman–Crippen LogP) is 0.993. The predicted molar refractivity (Wildman–Crippen MR) is 78.3 cm³/mol. The minimum Gasteiger partial charge on any atom is -0.384 e. The summed E-state index contributed by atoms with van der Waals surface area (Å²) in [5.41, 5.74) is 0.449. The molecule has 2 N–H and O–H groups in total. The van der Waals surface area contributed by atoms with Crippen LogP contribution in [0.1, 0.15) is 28.8 Å². The van der Waals surface area contributed by atoms with Crippen LogP contribution in [0, 0.1) is 17.7 Å². The van der Waals surface area contributed by atoms with Gasteiger partial charge in [0.05, 0.1) is 5.56 Å². The Hall–Kier alpha value is -1.90. The number of likely N-dealkylation sites (N-methyl/N-ethyl adjacent to an activating group) is 1. The van der Waals surface area contributed by atoms with Crippen molar-refractivity contribution in [2.45, 2.75) is 18.9 Å². The highest BCUT2D eigenvalue weighted by Crippen LogP contribution is 2.24. The highest BCUT2D eigenvalue weighted by Gasteiger charge is 2.25. The first kappa shape index (κ1) is 15.5. The average molecular weight is 290 g/mol. The van der Waals surface area contributed by atoms with Crippen molar-refractivity contribution in [2.75, 3.05) is 26.7 Å². The number of rotatable bonds is 5. The second-order valence-electron chi connectivity index (χ2n) is 5.12. The Morgan fingerprint density at radius 2 is 2.29 bits per heavy atom. The monoisotopic (exact) mass is 290 g/mol. The van der Waals surface area contributed by atoms with Gasteiger partial charge in [0.1, 0.15) is 12.4 Å². The topological polar surface area (TPSA) is 52.6 Å². The van der Waals surface area contributed by atoms with Gasteiger partial charge in [-0.15, -0.1) is 0 Å².